The largest absolute Gasteiger partial charge is 0.478 e. The summed E-state index contributed by atoms with van der Waals surface area (Å²) in [4.78, 5) is 11.2. The number of thiocarbonyl (C=S) groups is 1. The van der Waals surface area contributed by atoms with Crippen molar-refractivity contribution in [2.45, 2.75) is 110 Å². The van der Waals surface area contributed by atoms with Crippen LogP contribution in [-0.2, 0) is 0 Å². The molecule has 5 nitrogen and oxygen atoms in total. The Bertz CT molecular complexity index is 679. The molecule has 0 atom stereocenters. The molecule has 0 radical (unpaired) electrons. The van der Waals surface area contributed by atoms with Gasteiger partial charge >= 0.3 is 5.97 Å². The number of nitrogens with zero attached hydrogens (tertiary/aromatic N) is 1. The Balaban J connectivity index is 1.89. The van der Waals surface area contributed by atoms with Gasteiger partial charge in [0.25, 0.3) is 0 Å². The second-order valence-electron chi connectivity index (χ2n) is 8.82. The SMILES string of the molecule is CCCCCCCCCCCCCCCCCCNC(=S)N/N=C\c1ccccc1C(=O)O. The van der Waals surface area contributed by atoms with E-state index in [0.29, 0.717) is 10.7 Å². The molecule has 0 unspecified atom stereocenters. The predicted octanol–water partition coefficient (Wildman–Crippen LogP) is 7.44. The summed E-state index contributed by atoms with van der Waals surface area (Å²) in [5.74, 6) is -0.971. The Morgan fingerprint density at radius 1 is 0.848 bits per heavy atom. The van der Waals surface area contributed by atoms with Gasteiger partial charge in [0.15, 0.2) is 5.11 Å². The second-order valence-corrected chi connectivity index (χ2v) is 9.23. The molecule has 0 saturated carbocycles. The molecular weight excluding hydrogens is 430 g/mol. The minimum absolute atomic E-state index is 0.218. The van der Waals surface area contributed by atoms with E-state index in [9.17, 15) is 4.79 Å². The van der Waals surface area contributed by atoms with E-state index >= 15 is 0 Å². The first kappa shape index (κ1) is 29.1. The first-order chi connectivity index (χ1) is 16.1. The summed E-state index contributed by atoms with van der Waals surface area (Å²) in [6.45, 7) is 3.10. The van der Waals surface area contributed by atoms with E-state index < -0.39 is 5.97 Å². The van der Waals surface area contributed by atoms with Crippen LogP contribution in [0.2, 0.25) is 0 Å². The highest BCUT2D eigenvalue weighted by Gasteiger charge is 2.06. The summed E-state index contributed by atoms with van der Waals surface area (Å²) in [6, 6.07) is 6.74. The van der Waals surface area contributed by atoms with Crippen LogP contribution in [0.1, 0.15) is 126 Å². The molecule has 33 heavy (non-hydrogen) atoms. The number of hydrogen-bond acceptors (Lipinski definition) is 3. The molecule has 6 heteroatoms. The number of aromatic carboxylic acids is 1. The van der Waals surface area contributed by atoms with Crippen LogP contribution in [0.3, 0.4) is 0 Å². The number of hydrazone groups is 1. The molecule has 0 heterocycles. The smallest absolute Gasteiger partial charge is 0.336 e. The summed E-state index contributed by atoms with van der Waals surface area (Å²) < 4.78 is 0. The third kappa shape index (κ3) is 16.3. The minimum atomic E-state index is -0.971. The normalized spacial score (nSPS) is 11.1. The van der Waals surface area contributed by atoms with E-state index in [4.69, 9.17) is 17.3 Å². The zero-order valence-electron chi connectivity index (χ0n) is 20.6. The van der Waals surface area contributed by atoms with Crippen molar-refractivity contribution < 1.29 is 9.90 Å². The molecule has 0 amide bonds. The summed E-state index contributed by atoms with van der Waals surface area (Å²) in [5, 5.41) is 16.8. The number of hydrogen-bond donors (Lipinski definition) is 3. The van der Waals surface area contributed by atoms with Gasteiger partial charge in [-0.25, -0.2) is 4.79 Å². The monoisotopic (exact) mass is 475 g/mol. The van der Waals surface area contributed by atoms with Crippen molar-refractivity contribution >= 4 is 29.5 Å². The van der Waals surface area contributed by atoms with Crippen LogP contribution in [0.4, 0.5) is 0 Å². The number of unbranched alkanes of at least 4 members (excludes halogenated alkanes) is 15. The topological polar surface area (TPSA) is 73.7 Å². The van der Waals surface area contributed by atoms with Crippen LogP contribution < -0.4 is 10.7 Å². The summed E-state index contributed by atoms with van der Waals surface area (Å²) >= 11 is 5.21. The van der Waals surface area contributed by atoms with Crippen molar-refractivity contribution in [3.8, 4) is 0 Å². The lowest BCUT2D eigenvalue weighted by atomic mass is 10.0. The molecule has 0 spiro atoms. The fourth-order valence-electron chi connectivity index (χ4n) is 3.88. The Hall–Kier alpha value is -1.95. The maximum absolute atomic E-state index is 11.2. The van der Waals surface area contributed by atoms with Gasteiger partial charge in [-0.05, 0) is 24.7 Å². The molecule has 0 bridgehead atoms. The quantitative estimate of drug-likeness (QED) is 0.0790. The van der Waals surface area contributed by atoms with E-state index in [2.05, 4.69) is 22.8 Å². The van der Waals surface area contributed by atoms with Gasteiger partial charge in [0.1, 0.15) is 0 Å². The van der Waals surface area contributed by atoms with Crippen LogP contribution in [-0.4, -0.2) is 28.9 Å². The fraction of sp³-hybridized carbons (Fsp3) is 0.667. The molecule has 1 aromatic rings. The highest BCUT2D eigenvalue weighted by atomic mass is 32.1. The maximum atomic E-state index is 11.2. The van der Waals surface area contributed by atoms with Gasteiger partial charge in [-0.15, -0.1) is 0 Å². The average molecular weight is 476 g/mol. The molecule has 3 N–H and O–H groups in total. The third-order valence-electron chi connectivity index (χ3n) is 5.88. The number of carbonyl (C=O) groups is 1. The van der Waals surface area contributed by atoms with Crippen molar-refractivity contribution in [2.75, 3.05) is 6.54 Å². The molecular formula is C27H45N3O2S. The predicted molar refractivity (Wildman–Crippen MR) is 144 cm³/mol. The highest BCUT2D eigenvalue weighted by molar-refractivity contribution is 7.80. The standard InChI is InChI=1S/C27H45N3O2S/c1-2-3-4-5-6-7-8-9-10-11-12-13-14-15-16-19-22-28-27(33)30-29-23-24-20-17-18-21-25(24)26(31)32/h17-18,20-21,23H,2-16,19,22H2,1H3,(H,31,32)(H2,28,30,33)/b29-23-. The van der Waals surface area contributed by atoms with Crippen LogP contribution in [0, 0.1) is 0 Å². The number of nitrogens with one attached hydrogen (secondary N) is 2. The second kappa shape index (κ2) is 20.6. The van der Waals surface area contributed by atoms with Crippen molar-refractivity contribution in [2.24, 2.45) is 5.10 Å². The maximum Gasteiger partial charge on any atom is 0.336 e. The van der Waals surface area contributed by atoms with Gasteiger partial charge in [-0.1, -0.05) is 121 Å². The number of carboxylic acid groups (broad SMARTS) is 1. The Morgan fingerprint density at radius 2 is 1.33 bits per heavy atom. The Morgan fingerprint density at radius 3 is 1.85 bits per heavy atom. The first-order valence-electron chi connectivity index (χ1n) is 13.0. The summed E-state index contributed by atoms with van der Waals surface area (Å²) in [6.07, 6.45) is 23.3. The highest BCUT2D eigenvalue weighted by Crippen LogP contribution is 2.13. The van der Waals surface area contributed by atoms with Gasteiger partial charge in [-0.3, -0.25) is 5.43 Å². The van der Waals surface area contributed by atoms with E-state index in [-0.39, 0.29) is 5.56 Å². The molecule has 0 aliphatic heterocycles. The lowest BCUT2D eigenvalue weighted by molar-refractivity contribution is 0.0696. The van der Waals surface area contributed by atoms with Crippen LogP contribution in [0.5, 0.6) is 0 Å². The van der Waals surface area contributed by atoms with Gasteiger partial charge in [0.2, 0.25) is 0 Å². The van der Waals surface area contributed by atoms with Gasteiger partial charge in [0.05, 0.1) is 11.8 Å². The number of carboxylic acids is 1. The number of benzene rings is 1. The molecule has 0 aromatic heterocycles. The van der Waals surface area contributed by atoms with Crippen LogP contribution in [0.15, 0.2) is 29.4 Å². The third-order valence-corrected chi connectivity index (χ3v) is 6.11. The van der Waals surface area contributed by atoms with Crippen molar-refractivity contribution in [3.63, 3.8) is 0 Å². The zero-order chi connectivity index (χ0) is 24.0. The van der Waals surface area contributed by atoms with E-state index in [0.717, 1.165) is 13.0 Å². The molecule has 186 valence electrons. The number of rotatable bonds is 20. The lowest BCUT2D eigenvalue weighted by Crippen LogP contribution is -2.32. The molecule has 0 saturated heterocycles. The molecule has 0 aliphatic rings. The van der Waals surface area contributed by atoms with Gasteiger partial charge < -0.3 is 10.4 Å². The summed E-state index contributed by atoms with van der Waals surface area (Å²) in [7, 11) is 0. The van der Waals surface area contributed by atoms with Crippen LogP contribution in [0.25, 0.3) is 0 Å². The van der Waals surface area contributed by atoms with E-state index in [1.807, 2.05) is 0 Å². The minimum Gasteiger partial charge on any atom is -0.478 e. The fourth-order valence-corrected chi connectivity index (χ4v) is 4.03. The molecule has 0 aliphatic carbocycles. The lowest BCUT2D eigenvalue weighted by Gasteiger charge is -2.07. The van der Waals surface area contributed by atoms with E-state index in [1.165, 1.54) is 103 Å². The average Bonchev–Trinajstić information content (AvgIpc) is 2.81. The molecule has 0 fully saturated rings. The van der Waals surface area contributed by atoms with Gasteiger partial charge in [0, 0.05) is 12.1 Å². The Labute approximate surface area is 206 Å². The first-order valence-corrected chi connectivity index (χ1v) is 13.4. The summed E-state index contributed by atoms with van der Waals surface area (Å²) in [5.41, 5.74) is 3.51. The van der Waals surface area contributed by atoms with E-state index in [1.54, 1.807) is 24.3 Å². The van der Waals surface area contributed by atoms with Crippen molar-refractivity contribution in [1.82, 2.24) is 10.7 Å². The zero-order valence-corrected chi connectivity index (χ0v) is 21.4. The van der Waals surface area contributed by atoms with Crippen LogP contribution >= 0.6 is 12.2 Å². The Kier molecular flexibility index (Phi) is 18.2. The van der Waals surface area contributed by atoms with Gasteiger partial charge in [-0.2, -0.15) is 5.10 Å². The van der Waals surface area contributed by atoms with Crippen molar-refractivity contribution in [3.05, 3.63) is 35.4 Å². The molecule has 1 aromatic carbocycles. The molecule has 1 rings (SSSR count). The van der Waals surface area contributed by atoms with Crippen molar-refractivity contribution in [1.29, 1.82) is 0 Å².